The van der Waals surface area contributed by atoms with Gasteiger partial charge in [0.2, 0.25) is 0 Å². The number of hydrogen-bond donors (Lipinski definition) is 2. The van der Waals surface area contributed by atoms with E-state index >= 15 is 0 Å². The van der Waals surface area contributed by atoms with E-state index in [1.54, 1.807) is 24.1 Å². The molecule has 5 heteroatoms. The number of benzene rings is 1. The minimum atomic E-state index is -0.634. The van der Waals surface area contributed by atoms with Crippen molar-refractivity contribution in [3.05, 3.63) is 24.0 Å². The van der Waals surface area contributed by atoms with Crippen LogP contribution in [0, 0.1) is 5.82 Å². The first-order valence-electron chi connectivity index (χ1n) is 6.61. The highest BCUT2D eigenvalue weighted by atomic mass is 32.1. The molecular weight excluding hydrogens is 263 g/mol. The molecular formula is C14H19FN2OS. The number of thiocarbonyl (C=S) groups is 1. The van der Waals surface area contributed by atoms with Crippen molar-refractivity contribution in [3.63, 3.8) is 0 Å². The van der Waals surface area contributed by atoms with Gasteiger partial charge in [-0.15, -0.1) is 0 Å². The minimum Gasteiger partial charge on any atom is -0.503 e. The summed E-state index contributed by atoms with van der Waals surface area (Å²) in [6.45, 7) is 0. The second kappa shape index (κ2) is 6.19. The molecule has 0 atom stereocenters. The van der Waals surface area contributed by atoms with Crippen molar-refractivity contribution in [1.82, 2.24) is 5.32 Å². The lowest BCUT2D eigenvalue weighted by molar-refractivity contribution is 0.413. The van der Waals surface area contributed by atoms with Gasteiger partial charge in [0.25, 0.3) is 0 Å². The first-order valence-corrected chi connectivity index (χ1v) is 7.02. The van der Waals surface area contributed by atoms with Gasteiger partial charge in [-0.2, -0.15) is 0 Å². The van der Waals surface area contributed by atoms with Crippen LogP contribution in [0.25, 0.3) is 0 Å². The van der Waals surface area contributed by atoms with Crippen molar-refractivity contribution < 1.29 is 9.50 Å². The Kier molecular flexibility index (Phi) is 4.58. The van der Waals surface area contributed by atoms with Crippen LogP contribution in [0.2, 0.25) is 0 Å². The SMILES string of the molecule is CN(C(=S)NC1CCCCC1)c1cccc(F)c1O. The van der Waals surface area contributed by atoms with E-state index in [1.807, 2.05) is 0 Å². The topological polar surface area (TPSA) is 35.5 Å². The second-order valence-electron chi connectivity index (χ2n) is 4.95. The fourth-order valence-corrected chi connectivity index (χ4v) is 2.67. The lowest BCUT2D eigenvalue weighted by Crippen LogP contribution is -2.43. The average molecular weight is 282 g/mol. The Balaban J connectivity index is 2.03. The van der Waals surface area contributed by atoms with Crippen LogP contribution >= 0.6 is 12.2 Å². The minimum absolute atomic E-state index is 0.363. The van der Waals surface area contributed by atoms with Crippen LogP contribution in [0.3, 0.4) is 0 Å². The average Bonchev–Trinajstić information content (AvgIpc) is 2.42. The van der Waals surface area contributed by atoms with Gasteiger partial charge in [0.1, 0.15) is 0 Å². The van der Waals surface area contributed by atoms with Gasteiger partial charge in [-0.25, -0.2) is 4.39 Å². The summed E-state index contributed by atoms with van der Waals surface area (Å²) < 4.78 is 13.3. The quantitative estimate of drug-likeness (QED) is 0.817. The van der Waals surface area contributed by atoms with Gasteiger partial charge in [-0.1, -0.05) is 25.3 Å². The predicted octanol–water partition coefficient (Wildman–Crippen LogP) is 3.17. The van der Waals surface area contributed by atoms with E-state index in [-0.39, 0.29) is 5.75 Å². The Morgan fingerprint density at radius 2 is 2.05 bits per heavy atom. The number of nitrogens with zero attached hydrogens (tertiary/aromatic N) is 1. The van der Waals surface area contributed by atoms with Crippen LogP contribution < -0.4 is 10.2 Å². The van der Waals surface area contributed by atoms with Crippen LogP contribution in [0.5, 0.6) is 5.75 Å². The smallest absolute Gasteiger partial charge is 0.175 e. The van der Waals surface area contributed by atoms with Crippen LogP contribution in [-0.2, 0) is 0 Å². The Labute approximate surface area is 118 Å². The molecule has 1 aromatic rings. The van der Waals surface area contributed by atoms with E-state index < -0.39 is 5.82 Å². The normalized spacial score (nSPS) is 16.1. The van der Waals surface area contributed by atoms with Crippen LogP contribution in [0.4, 0.5) is 10.1 Å². The number of para-hydroxylation sites is 1. The Hall–Kier alpha value is -1.36. The van der Waals surface area contributed by atoms with Crippen molar-refractivity contribution in [2.45, 2.75) is 38.1 Å². The predicted molar refractivity (Wildman–Crippen MR) is 79.1 cm³/mol. The molecule has 0 radical (unpaired) electrons. The summed E-state index contributed by atoms with van der Waals surface area (Å²) in [5.41, 5.74) is 0.383. The Morgan fingerprint density at radius 3 is 2.74 bits per heavy atom. The number of anilines is 1. The van der Waals surface area contributed by atoms with Crippen LogP contribution in [0.1, 0.15) is 32.1 Å². The van der Waals surface area contributed by atoms with Crippen LogP contribution in [-0.4, -0.2) is 23.3 Å². The highest BCUT2D eigenvalue weighted by Gasteiger charge is 2.18. The molecule has 0 amide bonds. The van der Waals surface area contributed by atoms with E-state index in [1.165, 1.54) is 25.3 Å². The number of rotatable bonds is 2. The number of aromatic hydroxyl groups is 1. The molecule has 1 aliphatic carbocycles. The molecule has 0 aromatic heterocycles. The van der Waals surface area contributed by atoms with Crippen LogP contribution in [0.15, 0.2) is 18.2 Å². The van der Waals surface area contributed by atoms with Gasteiger partial charge in [-0.05, 0) is 37.2 Å². The molecule has 1 saturated carbocycles. The van der Waals surface area contributed by atoms with Gasteiger partial charge in [-0.3, -0.25) is 0 Å². The van der Waals surface area contributed by atoms with Crippen molar-refractivity contribution in [2.75, 3.05) is 11.9 Å². The molecule has 0 saturated heterocycles. The third-order valence-corrected chi connectivity index (χ3v) is 3.96. The van der Waals surface area contributed by atoms with E-state index in [4.69, 9.17) is 12.2 Å². The second-order valence-corrected chi connectivity index (χ2v) is 5.34. The lowest BCUT2D eigenvalue weighted by atomic mass is 9.96. The van der Waals surface area contributed by atoms with Crippen molar-refractivity contribution in [1.29, 1.82) is 0 Å². The fourth-order valence-electron chi connectivity index (χ4n) is 2.40. The summed E-state index contributed by atoms with van der Waals surface area (Å²) in [4.78, 5) is 1.61. The molecule has 1 fully saturated rings. The van der Waals surface area contributed by atoms with Gasteiger partial charge in [0.15, 0.2) is 16.7 Å². The fraction of sp³-hybridized carbons (Fsp3) is 0.500. The highest BCUT2D eigenvalue weighted by Crippen LogP contribution is 2.29. The Morgan fingerprint density at radius 1 is 1.37 bits per heavy atom. The summed E-state index contributed by atoms with van der Waals surface area (Å²) in [6, 6.07) is 4.82. The number of phenolic OH excluding ortho intramolecular Hbond substituents is 1. The zero-order valence-corrected chi connectivity index (χ0v) is 11.8. The molecule has 1 aliphatic rings. The molecule has 0 aliphatic heterocycles. The number of nitrogens with one attached hydrogen (secondary N) is 1. The largest absolute Gasteiger partial charge is 0.503 e. The molecule has 19 heavy (non-hydrogen) atoms. The molecule has 3 nitrogen and oxygen atoms in total. The highest BCUT2D eigenvalue weighted by molar-refractivity contribution is 7.80. The number of hydrogen-bond acceptors (Lipinski definition) is 2. The first-order chi connectivity index (χ1) is 9.09. The summed E-state index contributed by atoms with van der Waals surface area (Å²) in [6.07, 6.45) is 5.95. The third-order valence-electron chi connectivity index (χ3n) is 3.56. The van der Waals surface area contributed by atoms with Crippen molar-refractivity contribution >= 4 is 23.0 Å². The van der Waals surface area contributed by atoms with Gasteiger partial charge in [0, 0.05) is 13.1 Å². The molecule has 2 rings (SSSR count). The molecule has 1 aromatic carbocycles. The van der Waals surface area contributed by atoms with Crippen molar-refractivity contribution in [2.24, 2.45) is 0 Å². The van der Waals surface area contributed by atoms with Gasteiger partial charge >= 0.3 is 0 Å². The summed E-state index contributed by atoms with van der Waals surface area (Å²) in [7, 11) is 1.73. The van der Waals surface area contributed by atoms with Gasteiger partial charge in [0.05, 0.1) is 5.69 Å². The summed E-state index contributed by atoms with van der Waals surface area (Å²) >= 11 is 5.32. The third kappa shape index (κ3) is 3.35. The lowest BCUT2D eigenvalue weighted by Gasteiger charge is -2.28. The van der Waals surface area contributed by atoms with E-state index in [9.17, 15) is 9.50 Å². The zero-order valence-electron chi connectivity index (χ0n) is 11.0. The maximum atomic E-state index is 13.3. The first kappa shape index (κ1) is 14.1. The van der Waals surface area contributed by atoms with E-state index in [2.05, 4.69) is 5.32 Å². The molecule has 0 bridgehead atoms. The zero-order chi connectivity index (χ0) is 13.8. The van der Waals surface area contributed by atoms with Crippen molar-refractivity contribution in [3.8, 4) is 5.75 Å². The molecule has 0 unspecified atom stereocenters. The Bertz CT molecular complexity index is 461. The molecule has 0 spiro atoms. The maximum Gasteiger partial charge on any atom is 0.175 e. The van der Waals surface area contributed by atoms with E-state index in [0.29, 0.717) is 16.8 Å². The maximum absolute atomic E-state index is 13.3. The number of phenols is 1. The molecule has 104 valence electrons. The van der Waals surface area contributed by atoms with E-state index in [0.717, 1.165) is 12.8 Å². The monoisotopic (exact) mass is 282 g/mol. The summed E-state index contributed by atoms with van der Waals surface area (Å²) in [5, 5.41) is 13.5. The molecule has 0 heterocycles. The summed E-state index contributed by atoms with van der Waals surface area (Å²) in [5.74, 6) is -0.998. The molecule has 2 N–H and O–H groups in total. The van der Waals surface area contributed by atoms with Gasteiger partial charge < -0.3 is 15.3 Å². The number of halogens is 1. The standard InChI is InChI=1S/C14H19FN2OS/c1-17(12-9-5-8-11(15)13(12)18)14(19)16-10-6-3-2-4-7-10/h5,8-10,18H,2-4,6-7H2,1H3,(H,16,19).